The number of aryl methyl sites for hydroxylation is 8. The molecule has 0 N–H and O–H groups in total. The second-order valence-corrected chi connectivity index (χ2v) is 17.8. The topological polar surface area (TPSA) is 233 Å². The predicted octanol–water partition coefficient (Wildman–Crippen LogP) is 8.35. The number of pyridine rings is 7. The van der Waals surface area contributed by atoms with E-state index in [4.69, 9.17) is 0 Å². The van der Waals surface area contributed by atoms with Crippen LogP contribution in [0.3, 0.4) is 0 Å². The van der Waals surface area contributed by atoms with Gasteiger partial charge in [0.2, 0.25) is 0 Å². The number of rotatable bonds is 0. The van der Waals surface area contributed by atoms with E-state index in [1.54, 1.807) is 74.5 Å². The second kappa shape index (κ2) is 25.7. The van der Waals surface area contributed by atoms with Gasteiger partial charge < -0.3 is 0 Å². The molecule has 0 saturated carbocycles. The van der Waals surface area contributed by atoms with Gasteiger partial charge in [0.25, 0.3) is 0 Å². The zero-order valence-electron chi connectivity index (χ0n) is 45.3. The molecular formula is C57H57N23. The fraction of sp³-hybridized carbons (Fsp3) is 0.140. The van der Waals surface area contributed by atoms with Crippen molar-refractivity contribution in [1.29, 1.82) is 0 Å². The fourth-order valence-corrected chi connectivity index (χ4v) is 7.99. The first-order chi connectivity index (χ1) is 38.9. The van der Waals surface area contributed by atoms with Gasteiger partial charge in [0.05, 0.1) is 64.8 Å². The van der Waals surface area contributed by atoms with Crippen molar-refractivity contribution in [1.82, 2.24) is 113 Å². The summed E-state index contributed by atoms with van der Waals surface area (Å²) in [5.74, 6) is 0. The number of fused-ring (bicyclic) bond motifs is 8. The third kappa shape index (κ3) is 14.1. The van der Waals surface area contributed by atoms with Gasteiger partial charge in [-0.15, -0.1) is 0 Å². The van der Waals surface area contributed by atoms with Gasteiger partial charge in [0.15, 0.2) is 5.65 Å². The Bertz CT molecular complexity index is 3750. The molecule has 80 heavy (non-hydrogen) atoms. The molecule has 0 aliphatic rings. The van der Waals surface area contributed by atoms with Gasteiger partial charge >= 0.3 is 0 Å². The van der Waals surface area contributed by atoms with Crippen LogP contribution in [0.4, 0.5) is 0 Å². The summed E-state index contributed by atoms with van der Waals surface area (Å²) in [6.07, 6.45) is 34.7. The molecule has 15 heterocycles. The van der Waals surface area contributed by atoms with Crippen LogP contribution in [0.1, 0.15) is 0 Å². The van der Waals surface area contributed by atoms with Crippen LogP contribution in [0.5, 0.6) is 0 Å². The zero-order chi connectivity index (χ0) is 55.8. The quantitative estimate of drug-likeness (QED) is 0.139. The van der Waals surface area contributed by atoms with Crippen LogP contribution < -0.4 is 0 Å². The monoisotopic (exact) mass is 1060 g/mol. The van der Waals surface area contributed by atoms with Gasteiger partial charge in [-0.1, -0.05) is 18.2 Å². The lowest BCUT2D eigenvalue weighted by Gasteiger charge is -1.89. The Morgan fingerprint density at radius 3 is 1.45 bits per heavy atom. The van der Waals surface area contributed by atoms with Crippen molar-refractivity contribution in [2.45, 2.75) is 0 Å². The van der Waals surface area contributed by atoms with Gasteiger partial charge in [-0.05, 0) is 66.7 Å². The number of nitrogens with zero attached hydrogens (tertiary/aromatic N) is 23. The van der Waals surface area contributed by atoms with E-state index in [1.165, 1.54) is 5.39 Å². The summed E-state index contributed by atoms with van der Waals surface area (Å²) in [4.78, 5) is 28.2. The molecule has 0 atom stereocenters. The Hall–Kier alpha value is -11.0. The van der Waals surface area contributed by atoms with Crippen molar-refractivity contribution in [2.24, 2.45) is 56.4 Å². The van der Waals surface area contributed by atoms with Gasteiger partial charge in [-0.3, -0.25) is 67.4 Å². The van der Waals surface area contributed by atoms with E-state index in [2.05, 4.69) is 81.7 Å². The van der Waals surface area contributed by atoms with E-state index in [0.29, 0.717) is 0 Å². The molecule has 23 heteroatoms. The maximum Gasteiger partial charge on any atom is 0.181 e. The molecule has 0 radical (unpaired) electrons. The van der Waals surface area contributed by atoms with Crippen molar-refractivity contribution >= 4 is 87.6 Å². The summed E-state index contributed by atoms with van der Waals surface area (Å²) in [7, 11) is 15.2. The highest BCUT2D eigenvalue weighted by atomic mass is 15.3. The summed E-state index contributed by atoms with van der Waals surface area (Å²) in [6.45, 7) is 0. The Kier molecular flexibility index (Phi) is 17.3. The third-order valence-corrected chi connectivity index (χ3v) is 11.8. The lowest BCUT2D eigenvalue weighted by Crippen LogP contribution is -1.88. The number of hydrogen-bond acceptors (Lipinski definition) is 15. The van der Waals surface area contributed by atoms with E-state index >= 15 is 0 Å². The largest absolute Gasteiger partial charge is 0.275 e. The molecule has 23 nitrogen and oxygen atoms in total. The van der Waals surface area contributed by atoms with Crippen LogP contribution in [-0.4, -0.2) is 113 Å². The molecule has 16 rings (SSSR count). The Morgan fingerprint density at radius 1 is 0.263 bits per heavy atom. The van der Waals surface area contributed by atoms with Crippen molar-refractivity contribution < 1.29 is 0 Å². The summed E-state index contributed by atoms with van der Waals surface area (Å²) >= 11 is 0. The van der Waals surface area contributed by atoms with Crippen LogP contribution in [0.25, 0.3) is 87.6 Å². The van der Waals surface area contributed by atoms with Crippen molar-refractivity contribution in [3.8, 4) is 0 Å². The summed E-state index contributed by atoms with van der Waals surface area (Å²) in [5, 5.41) is 39.8. The SMILES string of the molecule is Cn1cc2ccccc2n1.Cn1cc2cccnc2n1.Cn1cc2ccncc2n1.Cn1cc2cnccc2n1.Cn1cc2ncccc2n1.Cn1ncc2ccncc21.Cn1ncc2cnccc21.Cn1ncc2ncccc21. The maximum absolute atomic E-state index is 4.23. The maximum atomic E-state index is 4.23. The highest BCUT2D eigenvalue weighted by Crippen LogP contribution is 2.13. The molecule has 15 aromatic heterocycles. The molecule has 16 aromatic rings. The minimum Gasteiger partial charge on any atom is -0.275 e. The Morgan fingerprint density at radius 2 is 0.750 bits per heavy atom. The van der Waals surface area contributed by atoms with Crippen LogP contribution in [0.15, 0.2) is 203 Å². The van der Waals surface area contributed by atoms with Gasteiger partial charge in [-0.25, -0.2) is 4.98 Å². The van der Waals surface area contributed by atoms with Gasteiger partial charge in [0, 0.05) is 169 Å². The van der Waals surface area contributed by atoms with E-state index in [9.17, 15) is 0 Å². The molecule has 1 aromatic carbocycles. The highest BCUT2D eigenvalue weighted by molar-refractivity contribution is 5.80. The molecule has 0 aliphatic carbocycles. The second-order valence-electron chi connectivity index (χ2n) is 17.8. The molecule has 0 unspecified atom stereocenters. The smallest absolute Gasteiger partial charge is 0.181 e. The molecular weight excluding hydrogens is 1010 g/mol. The van der Waals surface area contributed by atoms with E-state index in [-0.39, 0.29) is 0 Å². The van der Waals surface area contributed by atoms with E-state index < -0.39 is 0 Å². The summed E-state index contributed by atoms with van der Waals surface area (Å²) in [5.41, 5.74) is 9.93. The van der Waals surface area contributed by atoms with Crippen molar-refractivity contribution in [2.75, 3.05) is 0 Å². The first-order valence-corrected chi connectivity index (χ1v) is 24.9. The Labute approximate surface area is 458 Å². The first-order valence-electron chi connectivity index (χ1n) is 24.9. The van der Waals surface area contributed by atoms with Crippen molar-refractivity contribution in [3.05, 3.63) is 203 Å². The lowest BCUT2D eigenvalue weighted by atomic mass is 10.3. The van der Waals surface area contributed by atoms with Gasteiger partial charge in [0.1, 0.15) is 22.1 Å². The number of benzene rings is 1. The van der Waals surface area contributed by atoms with Crippen LogP contribution in [-0.2, 0) is 56.4 Å². The van der Waals surface area contributed by atoms with Crippen LogP contribution in [0.2, 0.25) is 0 Å². The standard InChI is InChI=1S/C8H8N2.7C7H7N3/c1-10-6-7-4-2-3-5-8(7)9-10;1-10-5-6-4-8-3-2-7(6)9-10;1-10-7-2-3-8-4-6(7)5-9-10;1-10-5-6-2-3-8-4-7(6)9-10;1-10-7-5-8-3-2-6(7)4-9-10;1-10-7-3-2-4-8-6(7)5-9-10;1-10-5-7-6(9-10)3-2-4-8-7;1-10-5-6-3-2-4-8-7(6)9-10/h2-6H,1H3;7*2-5H,1H3. The predicted molar refractivity (Wildman–Crippen MR) is 310 cm³/mol. The molecule has 0 amide bonds. The summed E-state index contributed by atoms with van der Waals surface area (Å²) < 4.78 is 14.4. The van der Waals surface area contributed by atoms with Crippen molar-refractivity contribution in [3.63, 3.8) is 0 Å². The van der Waals surface area contributed by atoms with Crippen LogP contribution in [0, 0.1) is 0 Å². The highest BCUT2D eigenvalue weighted by Gasteiger charge is 2.00. The molecule has 0 spiro atoms. The van der Waals surface area contributed by atoms with E-state index in [1.807, 2.05) is 216 Å². The molecule has 400 valence electrons. The normalized spacial score (nSPS) is 10.5. The number of aromatic nitrogens is 23. The molecule has 0 aliphatic heterocycles. The van der Waals surface area contributed by atoms with Gasteiger partial charge in [-0.2, -0.15) is 40.8 Å². The minimum atomic E-state index is 0.810. The minimum absolute atomic E-state index is 0.810. The van der Waals surface area contributed by atoms with Crippen LogP contribution >= 0.6 is 0 Å². The Balaban J connectivity index is 0.000000111. The molecule has 0 bridgehead atoms. The van der Waals surface area contributed by atoms with E-state index in [0.717, 1.165) is 82.2 Å². The first kappa shape index (κ1) is 53.8. The number of hydrogen-bond donors (Lipinski definition) is 0. The lowest BCUT2D eigenvalue weighted by molar-refractivity contribution is 0.776. The average molecular weight is 1060 g/mol. The molecule has 0 fully saturated rings. The summed E-state index contributed by atoms with van der Waals surface area (Å²) in [6, 6.07) is 27.5. The zero-order valence-corrected chi connectivity index (χ0v) is 45.3. The fourth-order valence-electron chi connectivity index (χ4n) is 7.99. The molecule has 0 saturated heterocycles. The average Bonchev–Trinajstić information content (AvgIpc) is 4.37. The third-order valence-electron chi connectivity index (χ3n) is 11.8.